The van der Waals surface area contributed by atoms with Gasteiger partial charge in [0, 0.05) is 15.1 Å². The molecule has 3 rings (SSSR count). The zero-order valence-corrected chi connectivity index (χ0v) is 12.9. The Bertz CT molecular complexity index is 765. The Morgan fingerprint density at radius 1 is 0.900 bits per heavy atom. The maximum atomic E-state index is 10.7. The number of rotatable bonds is 2. The summed E-state index contributed by atoms with van der Waals surface area (Å²) in [5, 5.41) is 13.5. The molecule has 0 aliphatic carbocycles. The van der Waals surface area contributed by atoms with Crippen LogP contribution in [-0.4, -0.2) is 5.11 Å². The van der Waals surface area contributed by atoms with Crippen LogP contribution >= 0.6 is 27.5 Å². The van der Waals surface area contributed by atoms with Crippen LogP contribution in [0.15, 0.2) is 65.1 Å². The van der Waals surface area contributed by atoms with E-state index in [0.29, 0.717) is 5.02 Å². The van der Waals surface area contributed by atoms with E-state index < -0.39 is 6.10 Å². The van der Waals surface area contributed by atoms with Crippen LogP contribution in [0, 0.1) is 0 Å². The molecule has 0 aliphatic heterocycles. The molecular formula is C17H12BrClO. The molecular weight excluding hydrogens is 336 g/mol. The van der Waals surface area contributed by atoms with E-state index in [1.165, 1.54) is 0 Å². The van der Waals surface area contributed by atoms with Crippen LogP contribution in [-0.2, 0) is 0 Å². The first-order valence-corrected chi connectivity index (χ1v) is 7.44. The topological polar surface area (TPSA) is 20.2 Å². The molecule has 0 heterocycles. The van der Waals surface area contributed by atoms with Crippen molar-refractivity contribution in [1.82, 2.24) is 0 Å². The third kappa shape index (κ3) is 2.47. The first-order chi connectivity index (χ1) is 9.66. The molecule has 1 N–H and O–H groups in total. The quantitative estimate of drug-likeness (QED) is 0.663. The van der Waals surface area contributed by atoms with E-state index in [1.54, 1.807) is 12.1 Å². The number of benzene rings is 3. The smallest absolute Gasteiger partial charge is 0.106 e. The van der Waals surface area contributed by atoms with Crippen LogP contribution in [0.2, 0.25) is 5.02 Å². The monoisotopic (exact) mass is 346 g/mol. The van der Waals surface area contributed by atoms with E-state index >= 15 is 0 Å². The van der Waals surface area contributed by atoms with Crippen LogP contribution in [0.1, 0.15) is 17.2 Å². The lowest BCUT2D eigenvalue weighted by molar-refractivity contribution is 0.221. The highest BCUT2D eigenvalue weighted by Gasteiger charge is 2.16. The summed E-state index contributed by atoms with van der Waals surface area (Å²) in [6, 6.07) is 19.4. The normalized spacial score (nSPS) is 12.6. The third-order valence-corrected chi connectivity index (χ3v) is 4.33. The summed E-state index contributed by atoms with van der Waals surface area (Å²) in [5.74, 6) is 0. The standard InChI is InChI=1S/C17H12BrClO/c18-16-9-8-12(19)10-15(16)17(20)14-7-3-5-11-4-1-2-6-13(11)14/h1-10,17,20H. The molecule has 0 amide bonds. The zero-order valence-electron chi connectivity index (χ0n) is 10.6. The van der Waals surface area contributed by atoms with Gasteiger partial charge in [0.05, 0.1) is 0 Å². The molecule has 0 saturated heterocycles. The second kappa shape index (κ2) is 5.57. The van der Waals surface area contributed by atoms with Crippen molar-refractivity contribution in [2.75, 3.05) is 0 Å². The number of aliphatic hydroxyl groups is 1. The SMILES string of the molecule is OC(c1cc(Cl)ccc1Br)c1cccc2ccccc12. The van der Waals surface area contributed by atoms with Crippen molar-refractivity contribution in [1.29, 1.82) is 0 Å². The highest BCUT2D eigenvalue weighted by molar-refractivity contribution is 9.10. The molecule has 3 aromatic carbocycles. The van der Waals surface area contributed by atoms with Gasteiger partial charge in [0.2, 0.25) is 0 Å². The van der Waals surface area contributed by atoms with Gasteiger partial charge in [0.1, 0.15) is 6.10 Å². The van der Waals surface area contributed by atoms with Crippen molar-refractivity contribution < 1.29 is 5.11 Å². The fourth-order valence-corrected chi connectivity index (χ4v) is 3.02. The van der Waals surface area contributed by atoms with Gasteiger partial charge >= 0.3 is 0 Å². The van der Waals surface area contributed by atoms with E-state index in [0.717, 1.165) is 26.4 Å². The second-order valence-electron chi connectivity index (χ2n) is 4.64. The predicted octanol–water partition coefficient (Wildman–Crippen LogP) is 5.34. The molecule has 100 valence electrons. The van der Waals surface area contributed by atoms with Gasteiger partial charge in [-0.05, 0) is 34.5 Å². The van der Waals surface area contributed by atoms with Gasteiger partial charge in [-0.3, -0.25) is 0 Å². The summed E-state index contributed by atoms with van der Waals surface area (Å²) >= 11 is 9.51. The summed E-state index contributed by atoms with van der Waals surface area (Å²) in [7, 11) is 0. The van der Waals surface area contributed by atoms with Crippen molar-refractivity contribution in [3.05, 3.63) is 81.3 Å². The molecule has 1 atom stereocenters. The van der Waals surface area contributed by atoms with Gasteiger partial charge in [-0.1, -0.05) is 70.0 Å². The molecule has 0 aliphatic rings. The number of halogens is 2. The van der Waals surface area contributed by atoms with Gasteiger partial charge in [0.25, 0.3) is 0 Å². The van der Waals surface area contributed by atoms with E-state index in [1.807, 2.05) is 48.5 Å². The Morgan fingerprint density at radius 3 is 2.50 bits per heavy atom. The molecule has 20 heavy (non-hydrogen) atoms. The Hall–Kier alpha value is -1.35. The molecule has 3 heteroatoms. The summed E-state index contributed by atoms with van der Waals surface area (Å²) in [5.41, 5.74) is 1.65. The fourth-order valence-electron chi connectivity index (χ4n) is 2.38. The average Bonchev–Trinajstić information content (AvgIpc) is 2.48. The average molecular weight is 348 g/mol. The highest BCUT2D eigenvalue weighted by atomic mass is 79.9. The van der Waals surface area contributed by atoms with E-state index in [9.17, 15) is 5.11 Å². The van der Waals surface area contributed by atoms with E-state index in [-0.39, 0.29) is 0 Å². The Labute approximate surface area is 131 Å². The highest BCUT2D eigenvalue weighted by Crippen LogP contribution is 2.34. The minimum absolute atomic E-state index is 0.613. The van der Waals surface area contributed by atoms with Crippen LogP contribution in [0.5, 0.6) is 0 Å². The molecule has 0 bridgehead atoms. The lowest BCUT2D eigenvalue weighted by Crippen LogP contribution is -2.01. The molecule has 0 fully saturated rings. The summed E-state index contributed by atoms with van der Waals surface area (Å²) < 4.78 is 0.849. The zero-order chi connectivity index (χ0) is 14.1. The minimum atomic E-state index is -0.714. The fraction of sp³-hybridized carbons (Fsp3) is 0.0588. The maximum Gasteiger partial charge on any atom is 0.106 e. The van der Waals surface area contributed by atoms with Crippen LogP contribution < -0.4 is 0 Å². The van der Waals surface area contributed by atoms with Gasteiger partial charge in [-0.25, -0.2) is 0 Å². The summed E-state index contributed by atoms with van der Waals surface area (Å²) in [6.45, 7) is 0. The first kappa shape index (κ1) is 13.6. The van der Waals surface area contributed by atoms with Gasteiger partial charge in [0.15, 0.2) is 0 Å². The van der Waals surface area contributed by atoms with Gasteiger partial charge in [-0.2, -0.15) is 0 Å². The van der Waals surface area contributed by atoms with Gasteiger partial charge in [-0.15, -0.1) is 0 Å². The second-order valence-corrected chi connectivity index (χ2v) is 5.93. The van der Waals surface area contributed by atoms with E-state index in [4.69, 9.17) is 11.6 Å². The van der Waals surface area contributed by atoms with Crippen molar-refractivity contribution in [3.63, 3.8) is 0 Å². The summed E-state index contributed by atoms with van der Waals surface area (Å²) in [4.78, 5) is 0. The van der Waals surface area contributed by atoms with Crippen LogP contribution in [0.25, 0.3) is 10.8 Å². The lowest BCUT2D eigenvalue weighted by Gasteiger charge is -2.16. The maximum absolute atomic E-state index is 10.7. The Morgan fingerprint density at radius 2 is 1.65 bits per heavy atom. The van der Waals surface area contributed by atoms with Crippen LogP contribution in [0.3, 0.4) is 0 Å². The molecule has 1 nitrogen and oxygen atoms in total. The van der Waals surface area contributed by atoms with Crippen molar-refractivity contribution in [2.45, 2.75) is 6.10 Å². The number of hydrogen-bond donors (Lipinski definition) is 1. The molecule has 3 aromatic rings. The molecule has 0 aromatic heterocycles. The predicted molar refractivity (Wildman–Crippen MR) is 87.2 cm³/mol. The Balaban J connectivity index is 2.17. The lowest BCUT2D eigenvalue weighted by atomic mass is 9.96. The molecule has 1 unspecified atom stereocenters. The molecule has 0 radical (unpaired) electrons. The minimum Gasteiger partial charge on any atom is -0.384 e. The van der Waals surface area contributed by atoms with Crippen molar-refractivity contribution in [2.24, 2.45) is 0 Å². The molecule has 0 saturated carbocycles. The van der Waals surface area contributed by atoms with Gasteiger partial charge < -0.3 is 5.11 Å². The molecule has 0 spiro atoms. The number of fused-ring (bicyclic) bond motifs is 1. The Kier molecular flexibility index (Phi) is 3.79. The number of aliphatic hydroxyl groups excluding tert-OH is 1. The third-order valence-electron chi connectivity index (χ3n) is 3.37. The summed E-state index contributed by atoms with van der Waals surface area (Å²) in [6.07, 6.45) is -0.714. The van der Waals surface area contributed by atoms with Crippen molar-refractivity contribution in [3.8, 4) is 0 Å². The number of hydrogen-bond acceptors (Lipinski definition) is 1. The first-order valence-electron chi connectivity index (χ1n) is 6.27. The van der Waals surface area contributed by atoms with Crippen molar-refractivity contribution >= 4 is 38.3 Å². The van der Waals surface area contributed by atoms with Crippen LogP contribution in [0.4, 0.5) is 0 Å². The van der Waals surface area contributed by atoms with E-state index in [2.05, 4.69) is 15.9 Å². The largest absolute Gasteiger partial charge is 0.384 e.